The SMILES string of the molecule is CCc1c(OC)ccc2c1[C@H](N)CO2. The van der Waals surface area contributed by atoms with Gasteiger partial charge in [-0.25, -0.2) is 0 Å². The van der Waals surface area contributed by atoms with E-state index in [1.165, 1.54) is 5.56 Å². The standard InChI is InChI=1S/C11H15NO2/c1-3-7-9(13-2)4-5-10-11(7)8(12)6-14-10/h4-5,8H,3,6,12H2,1-2H3/t8-/m1/s1. The first-order valence-electron chi connectivity index (χ1n) is 4.86. The molecule has 0 aliphatic carbocycles. The van der Waals surface area contributed by atoms with Crippen LogP contribution in [0.1, 0.15) is 24.1 Å². The van der Waals surface area contributed by atoms with Crippen molar-refractivity contribution >= 4 is 0 Å². The second kappa shape index (κ2) is 3.50. The molecule has 1 aliphatic heterocycles. The Morgan fingerprint density at radius 3 is 3.00 bits per heavy atom. The molecule has 0 spiro atoms. The zero-order chi connectivity index (χ0) is 10.1. The molecule has 0 amide bonds. The maximum Gasteiger partial charge on any atom is 0.124 e. The minimum atomic E-state index is -0.00458. The predicted molar refractivity (Wildman–Crippen MR) is 54.8 cm³/mol. The molecule has 1 aromatic carbocycles. The maximum atomic E-state index is 5.97. The van der Waals surface area contributed by atoms with Crippen LogP contribution < -0.4 is 15.2 Å². The zero-order valence-electron chi connectivity index (χ0n) is 8.54. The van der Waals surface area contributed by atoms with Gasteiger partial charge in [0.25, 0.3) is 0 Å². The van der Waals surface area contributed by atoms with Crippen molar-refractivity contribution in [2.75, 3.05) is 13.7 Å². The second-order valence-corrected chi connectivity index (χ2v) is 3.43. The lowest BCUT2D eigenvalue weighted by Crippen LogP contribution is -2.12. The largest absolute Gasteiger partial charge is 0.496 e. The van der Waals surface area contributed by atoms with Gasteiger partial charge in [0.1, 0.15) is 18.1 Å². The lowest BCUT2D eigenvalue weighted by atomic mass is 9.99. The van der Waals surface area contributed by atoms with E-state index < -0.39 is 0 Å². The topological polar surface area (TPSA) is 44.5 Å². The number of rotatable bonds is 2. The fourth-order valence-electron chi connectivity index (χ4n) is 1.97. The highest BCUT2D eigenvalue weighted by Crippen LogP contribution is 2.38. The van der Waals surface area contributed by atoms with Crippen molar-refractivity contribution in [1.82, 2.24) is 0 Å². The van der Waals surface area contributed by atoms with Gasteiger partial charge in [-0.2, -0.15) is 0 Å². The summed E-state index contributed by atoms with van der Waals surface area (Å²) in [4.78, 5) is 0. The van der Waals surface area contributed by atoms with E-state index in [-0.39, 0.29) is 6.04 Å². The van der Waals surface area contributed by atoms with Crippen molar-refractivity contribution in [3.8, 4) is 11.5 Å². The van der Waals surface area contributed by atoms with E-state index >= 15 is 0 Å². The number of hydrogen-bond acceptors (Lipinski definition) is 3. The van der Waals surface area contributed by atoms with Crippen LogP contribution in [-0.4, -0.2) is 13.7 Å². The van der Waals surface area contributed by atoms with Gasteiger partial charge < -0.3 is 15.2 Å². The summed E-state index contributed by atoms with van der Waals surface area (Å²) in [5, 5.41) is 0. The third kappa shape index (κ3) is 1.24. The van der Waals surface area contributed by atoms with Crippen molar-refractivity contribution in [3.63, 3.8) is 0 Å². The van der Waals surface area contributed by atoms with Crippen LogP contribution in [0.15, 0.2) is 12.1 Å². The van der Waals surface area contributed by atoms with Gasteiger partial charge in [0.05, 0.1) is 13.2 Å². The molecular formula is C11H15NO2. The zero-order valence-corrected chi connectivity index (χ0v) is 8.54. The van der Waals surface area contributed by atoms with Crippen LogP contribution in [-0.2, 0) is 6.42 Å². The Morgan fingerprint density at radius 1 is 1.57 bits per heavy atom. The summed E-state index contributed by atoms with van der Waals surface area (Å²) < 4.78 is 10.8. The van der Waals surface area contributed by atoms with E-state index in [0.29, 0.717) is 6.61 Å². The van der Waals surface area contributed by atoms with Gasteiger partial charge in [-0.15, -0.1) is 0 Å². The first kappa shape index (κ1) is 9.34. The van der Waals surface area contributed by atoms with Crippen LogP contribution in [0, 0.1) is 0 Å². The van der Waals surface area contributed by atoms with Gasteiger partial charge in [0, 0.05) is 11.1 Å². The number of methoxy groups -OCH3 is 1. The third-order valence-corrected chi connectivity index (χ3v) is 2.64. The van der Waals surface area contributed by atoms with E-state index in [4.69, 9.17) is 15.2 Å². The summed E-state index contributed by atoms with van der Waals surface area (Å²) >= 11 is 0. The van der Waals surface area contributed by atoms with Gasteiger partial charge in [0.15, 0.2) is 0 Å². The smallest absolute Gasteiger partial charge is 0.124 e. The molecule has 2 N–H and O–H groups in total. The summed E-state index contributed by atoms with van der Waals surface area (Å²) in [5.74, 6) is 1.82. The molecule has 1 aromatic rings. The van der Waals surface area contributed by atoms with Crippen LogP contribution in [0.4, 0.5) is 0 Å². The lowest BCUT2D eigenvalue weighted by Gasteiger charge is -2.12. The molecule has 1 aliphatic rings. The lowest BCUT2D eigenvalue weighted by molar-refractivity contribution is 0.333. The maximum absolute atomic E-state index is 5.97. The summed E-state index contributed by atoms with van der Waals surface area (Å²) in [7, 11) is 1.68. The molecule has 2 rings (SSSR count). The monoisotopic (exact) mass is 193 g/mol. The summed E-state index contributed by atoms with van der Waals surface area (Å²) in [6, 6.07) is 3.87. The first-order chi connectivity index (χ1) is 6.77. The van der Waals surface area contributed by atoms with Crippen molar-refractivity contribution in [2.24, 2.45) is 5.73 Å². The average molecular weight is 193 g/mol. The highest BCUT2D eigenvalue weighted by atomic mass is 16.5. The van der Waals surface area contributed by atoms with E-state index in [0.717, 1.165) is 23.5 Å². The van der Waals surface area contributed by atoms with Crippen molar-refractivity contribution in [1.29, 1.82) is 0 Å². The molecule has 3 nitrogen and oxygen atoms in total. The normalized spacial score (nSPS) is 18.9. The Morgan fingerprint density at radius 2 is 2.36 bits per heavy atom. The molecular weight excluding hydrogens is 178 g/mol. The molecule has 0 unspecified atom stereocenters. The summed E-state index contributed by atoms with van der Waals surface area (Å²) in [6.07, 6.45) is 0.920. The number of ether oxygens (including phenoxy) is 2. The molecule has 1 heterocycles. The van der Waals surface area contributed by atoms with E-state index in [9.17, 15) is 0 Å². The van der Waals surface area contributed by atoms with Crippen LogP contribution >= 0.6 is 0 Å². The fraction of sp³-hybridized carbons (Fsp3) is 0.455. The Kier molecular flexibility index (Phi) is 2.33. The first-order valence-corrected chi connectivity index (χ1v) is 4.86. The third-order valence-electron chi connectivity index (χ3n) is 2.64. The molecule has 0 radical (unpaired) electrons. The highest BCUT2D eigenvalue weighted by Gasteiger charge is 2.25. The molecule has 3 heteroatoms. The quantitative estimate of drug-likeness (QED) is 0.776. The predicted octanol–water partition coefficient (Wildman–Crippen LogP) is 1.65. The number of hydrogen-bond donors (Lipinski definition) is 1. The van der Waals surface area contributed by atoms with Gasteiger partial charge >= 0.3 is 0 Å². The molecule has 0 fully saturated rings. The van der Waals surface area contributed by atoms with Crippen LogP contribution in [0.5, 0.6) is 11.5 Å². The summed E-state index contributed by atoms with van der Waals surface area (Å²) in [6.45, 7) is 2.68. The Balaban J connectivity index is 2.57. The van der Waals surface area contributed by atoms with Crippen LogP contribution in [0.3, 0.4) is 0 Å². The van der Waals surface area contributed by atoms with E-state index in [1.54, 1.807) is 7.11 Å². The van der Waals surface area contributed by atoms with Gasteiger partial charge in [0.2, 0.25) is 0 Å². The van der Waals surface area contributed by atoms with Crippen LogP contribution in [0.25, 0.3) is 0 Å². The fourth-order valence-corrected chi connectivity index (χ4v) is 1.97. The minimum absolute atomic E-state index is 0.00458. The van der Waals surface area contributed by atoms with Crippen LogP contribution in [0.2, 0.25) is 0 Å². The molecule has 14 heavy (non-hydrogen) atoms. The van der Waals surface area contributed by atoms with Gasteiger partial charge in [-0.3, -0.25) is 0 Å². The Labute approximate surface area is 83.8 Å². The Hall–Kier alpha value is -1.22. The van der Waals surface area contributed by atoms with Gasteiger partial charge in [-0.05, 0) is 18.6 Å². The molecule has 1 atom stereocenters. The number of nitrogens with two attached hydrogens (primary N) is 1. The molecule has 76 valence electrons. The van der Waals surface area contributed by atoms with Gasteiger partial charge in [-0.1, -0.05) is 6.92 Å². The van der Waals surface area contributed by atoms with Crippen molar-refractivity contribution < 1.29 is 9.47 Å². The average Bonchev–Trinajstić information content (AvgIpc) is 2.59. The molecule has 0 aromatic heterocycles. The minimum Gasteiger partial charge on any atom is -0.496 e. The Bertz CT molecular complexity index is 349. The second-order valence-electron chi connectivity index (χ2n) is 3.43. The number of benzene rings is 1. The highest BCUT2D eigenvalue weighted by molar-refractivity contribution is 5.52. The molecule has 0 saturated carbocycles. The molecule has 0 saturated heterocycles. The van der Waals surface area contributed by atoms with E-state index in [1.807, 2.05) is 12.1 Å². The van der Waals surface area contributed by atoms with Crippen molar-refractivity contribution in [3.05, 3.63) is 23.3 Å². The number of fused-ring (bicyclic) bond motifs is 1. The summed E-state index contributed by atoms with van der Waals surface area (Å²) in [5.41, 5.74) is 8.26. The van der Waals surface area contributed by atoms with Crippen molar-refractivity contribution in [2.45, 2.75) is 19.4 Å². The molecule has 0 bridgehead atoms. The van der Waals surface area contributed by atoms with E-state index in [2.05, 4.69) is 6.92 Å².